The highest BCUT2D eigenvalue weighted by Gasteiger charge is 2.25. The average molecular weight is 202 g/mol. The van der Waals surface area contributed by atoms with Gasteiger partial charge >= 0.3 is 0 Å². The van der Waals surface area contributed by atoms with Crippen LogP contribution < -0.4 is 5.32 Å². The Morgan fingerprint density at radius 3 is 2.87 bits per heavy atom. The predicted octanol–water partition coefficient (Wildman–Crippen LogP) is 1.41. The largest absolute Gasteiger partial charge is 0.315 e. The molecule has 0 bridgehead atoms. The highest BCUT2D eigenvalue weighted by atomic mass is 15.2. The van der Waals surface area contributed by atoms with Gasteiger partial charge < -0.3 is 5.32 Å². The molecule has 1 aromatic rings. The van der Waals surface area contributed by atoms with Crippen LogP contribution in [0.3, 0.4) is 0 Å². The summed E-state index contributed by atoms with van der Waals surface area (Å²) in [5.41, 5.74) is 3.09. The van der Waals surface area contributed by atoms with E-state index in [4.69, 9.17) is 0 Å². The Bertz CT molecular complexity index is 342. The Balaban J connectivity index is 1.76. The summed E-state index contributed by atoms with van der Waals surface area (Å²) in [4.78, 5) is 2.64. The van der Waals surface area contributed by atoms with Gasteiger partial charge in [0.05, 0.1) is 0 Å². The summed E-state index contributed by atoms with van der Waals surface area (Å²) in [6.45, 7) is 4.77. The molecule has 80 valence electrons. The molecule has 15 heavy (non-hydrogen) atoms. The fraction of sp³-hybridized carbons (Fsp3) is 0.538. The second-order valence-corrected chi connectivity index (χ2v) is 4.64. The zero-order valence-corrected chi connectivity index (χ0v) is 9.08. The van der Waals surface area contributed by atoms with E-state index in [1.807, 2.05) is 0 Å². The minimum atomic E-state index is 0.776. The van der Waals surface area contributed by atoms with Crippen LogP contribution in [0.1, 0.15) is 17.5 Å². The molecule has 0 aliphatic carbocycles. The van der Waals surface area contributed by atoms with Crippen LogP contribution in [0.5, 0.6) is 0 Å². The molecule has 2 nitrogen and oxygen atoms in total. The molecular weight excluding hydrogens is 184 g/mol. The lowest BCUT2D eigenvalue weighted by Crippen LogP contribution is -2.40. The van der Waals surface area contributed by atoms with Crippen LogP contribution in [-0.4, -0.2) is 30.6 Å². The first-order valence-electron chi connectivity index (χ1n) is 5.95. The zero-order chi connectivity index (χ0) is 10.1. The van der Waals surface area contributed by atoms with Crippen LogP contribution in [-0.2, 0) is 13.0 Å². The van der Waals surface area contributed by atoms with Crippen molar-refractivity contribution in [1.29, 1.82) is 0 Å². The lowest BCUT2D eigenvalue weighted by atomic mass is 9.98. The van der Waals surface area contributed by atoms with Crippen LogP contribution in [0.15, 0.2) is 24.3 Å². The lowest BCUT2D eigenvalue weighted by molar-refractivity contribution is 0.190. The van der Waals surface area contributed by atoms with Gasteiger partial charge in [0, 0.05) is 25.7 Å². The van der Waals surface area contributed by atoms with Crippen molar-refractivity contribution < 1.29 is 0 Å². The van der Waals surface area contributed by atoms with Gasteiger partial charge in [0.15, 0.2) is 0 Å². The van der Waals surface area contributed by atoms with E-state index in [0.29, 0.717) is 0 Å². The third kappa shape index (κ3) is 1.80. The number of benzene rings is 1. The number of hydrogen-bond donors (Lipinski definition) is 1. The molecule has 1 aromatic carbocycles. The highest BCUT2D eigenvalue weighted by molar-refractivity contribution is 5.29. The molecule has 1 N–H and O–H groups in total. The van der Waals surface area contributed by atoms with E-state index < -0.39 is 0 Å². The van der Waals surface area contributed by atoms with Crippen molar-refractivity contribution in [2.45, 2.75) is 25.4 Å². The van der Waals surface area contributed by atoms with Gasteiger partial charge in [0.2, 0.25) is 0 Å². The van der Waals surface area contributed by atoms with E-state index in [-0.39, 0.29) is 0 Å². The van der Waals surface area contributed by atoms with E-state index >= 15 is 0 Å². The first-order chi connectivity index (χ1) is 7.43. The van der Waals surface area contributed by atoms with Gasteiger partial charge in [0.25, 0.3) is 0 Å². The second-order valence-electron chi connectivity index (χ2n) is 4.64. The first-order valence-corrected chi connectivity index (χ1v) is 5.95. The SMILES string of the molecule is c1ccc2c(c1)CCN(C1CCNC1)C2. The Labute approximate surface area is 91.3 Å². The van der Waals surface area contributed by atoms with E-state index in [2.05, 4.69) is 34.5 Å². The molecule has 1 fully saturated rings. The Morgan fingerprint density at radius 1 is 1.20 bits per heavy atom. The minimum Gasteiger partial charge on any atom is -0.315 e. The van der Waals surface area contributed by atoms with Crippen LogP contribution in [0.4, 0.5) is 0 Å². The molecular formula is C13H18N2. The van der Waals surface area contributed by atoms with Gasteiger partial charge in [-0.1, -0.05) is 24.3 Å². The average Bonchev–Trinajstić information content (AvgIpc) is 2.82. The summed E-state index contributed by atoms with van der Waals surface area (Å²) >= 11 is 0. The monoisotopic (exact) mass is 202 g/mol. The highest BCUT2D eigenvalue weighted by Crippen LogP contribution is 2.21. The second kappa shape index (κ2) is 3.95. The summed E-state index contributed by atoms with van der Waals surface area (Å²) in [6.07, 6.45) is 2.55. The number of fused-ring (bicyclic) bond motifs is 1. The maximum absolute atomic E-state index is 3.45. The molecule has 2 aliphatic heterocycles. The van der Waals surface area contributed by atoms with Crippen molar-refractivity contribution in [2.75, 3.05) is 19.6 Å². The number of hydrogen-bond acceptors (Lipinski definition) is 2. The molecule has 0 radical (unpaired) electrons. The summed E-state index contributed by atoms with van der Waals surface area (Å²) in [5, 5.41) is 3.45. The smallest absolute Gasteiger partial charge is 0.0240 e. The third-order valence-electron chi connectivity index (χ3n) is 3.71. The molecule has 0 saturated carbocycles. The van der Waals surface area contributed by atoms with Gasteiger partial charge in [0.1, 0.15) is 0 Å². The molecule has 2 heterocycles. The van der Waals surface area contributed by atoms with E-state index in [9.17, 15) is 0 Å². The van der Waals surface area contributed by atoms with Gasteiger partial charge in [-0.15, -0.1) is 0 Å². The van der Waals surface area contributed by atoms with Crippen molar-refractivity contribution >= 4 is 0 Å². The Hall–Kier alpha value is -0.860. The molecule has 2 heteroatoms. The molecule has 0 aromatic heterocycles. The maximum atomic E-state index is 3.45. The molecule has 0 spiro atoms. The van der Waals surface area contributed by atoms with E-state index in [0.717, 1.165) is 12.6 Å². The van der Waals surface area contributed by atoms with Crippen molar-refractivity contribution in [3.63, 3.8) is 0 Å². The minimum absolute atomic E-state index is 0.776. The molecule has 2 aliphatic rings. The molecule has 1 atom stereocenters. The van der Waals surface area contributed by atoms with Gasteiger partial charge in [-0.2, -0.15) is 0 Å². The van der Waals surface area contributed by atoms with Crippen LogP contribution in [0, 0.1) is 0 Å². The van der Waals surface area contributed by atoms with Gasteiger partial charge in [-0.05, 0) is 30.5 Å². The van der Waals surface area contributed by atoms with Crippen molar-refractivity contribution in [3.05, 3.63) is 35.4 Å². The molecule has 1 unspecified atom stereocenters. The first kappa shape index (κ1) is 9.37. The number of nitrogens with zero attached hydrogens (tertiary/aromatic N) is 1. The van der Waals surface area contributed by atoms with Gasteiger partial charge in [-0.25, -0.2) is 0 Å². The number of nitrogens with one attached hydrogen (secondary N) is 1. The standard InChI is InChI=1S/C13H18N2/c1-2-4-12-10-15(8-6-11(12)3-1)13-5-7-14-9-13/h1-4,13-14H,5-10H2. The Kier molecular flexibility index (Phi) is 2.47. The predicted molar refractivity (Wildman–Crippen MR) is 61.8 cm³/mol. The normalized spacial score (nSPS) is 26.5. The molecule has 3 rings (SSSR count). The van der Waals surface area contributed by atoms with Crippen molar-refractivity contribution in [1.82, 2.24) is 10.2 Å². The van der Waals surface area contributed by atoms with Crippen molar-refractivity contribution in [3.8, 4) is 0 Å². The Morgan fingerprint density at radius 2 is 2.07 bits per heavy atom. The van der Waals surface area contributed by atoms with Crippen LogP contribution in [0.25, 0.3) is 0 Å². The molecule has 1 saturated heterocycles. The topological polar surface area (TPSA) is 15.3 Å². The summed E-state index contributed by atoms with van der Waals surface area (Å²) in [6, 6.07) is 9.66. The third-order valence-corrected chi connectivity index (χ3v) is 3.71. The summed E-state index contributed by atoms with van der Waals surface area (Å²) in [5.74, 6) is 0. The lowest BCUT2D eigenvalue weighted by Gasteiger charge is -2.33. The van der Waals surface area contributed by atoms with E-state index in [1.54, 1.807) is 5.56 Å². The fourth-order valence-electron chi connectivity index (χ4n) is 2.78. The quantitative estimate of drug-likeness (QED) is 0.740. The maximum Gasteiger partial charge on any atom is 0.0240 e. The molecule has 0 amide bonds. The van der Waals surface area contributed by atoms with Crippen LogP contribution in [0.2, 0.25) is 0 Å². The summed E-state index contributed by atoms with van der Waals surface area (Å²) < 4.78 is 0. The number of rotatable bonds is 1. The zero-order valence-electron chi connectivity index (χ0n) is 9.08. The van der Waals surface area contributed by atoms with E-state index in [1.165, 1.54) is 38.0 Å². The van der Waals surface area contributed by atoms with Crippen LogP contribution >= 0.6 is 0 Å². The van der Waals surface area contributed by atoms with Crippen molar-refractivity contribution in [2.24, 2.45) is 0 Å². The van der Waals surface area contributed by atoms with Gasteiger partial charge in [-0.3, -0.25) is 4.90 Å². The fourth-order valence-corrected chi connectivity index (χ4v) is 2.78. The summed E-state index contributed by atoms with van der Waals surface area (Å²) in [7, 11) is 0.